The van der Waals surface area contributed by atoms with Gasteiger partial charge >= 0.3 is 5.97 Å². The number of likely N-dealkylation sites (N-methyl/N-ethyl adjacent to an activating group) is 2. The standard InChI is InChI=1S/C20H37N3O5/c1-7-10-11-12-16(18(25)21-8-2)23(9-3)19(26)15(6)22-17(24)13(4)14(5)20(27)28/h13-16H,7-12H2,1-6H3,(H,21,25)(H,22,24)(H,27,28)/t13?,14?,15-,16-/m0/s1. The second-order valence-electron chi connectivity index (χ2n) is 7.18. The summed E-state index contributed by atoms with van der Waals surface area (Å²) in [5, 5.41) is 14.4. The highest BCUT2D eigenvalue weighted by atomic mass is 16.4. The van der Waals surface area contributed by atoms with Gasteiger partial charge in [0.2, 0.25) is 17.7 Å². The molecule has 0 aliphatic heterocycles. The number of nitrogens with zero attached hydrogens (tertiary/aromatic N) is 1. The largest absolute Gasteiger partial charge is 0.481 e. The van der Waals surface area contributed by atoms with E-state index in [4.69, 9.17) is 5.11 Å². The molecular formula is C20H37N3O5. The van der Waals surface area contributed by atoms with Gasteiger partial charge < -0.3 is 20.6 Å². The van der Waals surface area contributed by atoms with Crippen molar-refractivity contribution >= 4 is 23.7 Å². The third kappa shape index (κ3) is 7.86. The van der Waals surface area contributed by atoms with Crippen LogP contribution in [0.3, 0.4) is 0 Å². The van der Waals surface area contributed by atoms with Gasteiger partial charge in [-0.15, -0.1) is 0 Å². The van der Waals surface area contributed by atoms with Crippen LogP contribution in [-0.2, 0) is 19.2 Å². The molecule has 0 aliphatic carbocycles. The lowest BCUT2D eigenvalue weighted by atomic mass is 9.95. The Morgan fingerprint density at radius 1 is 0.929 bits per heavy atom. The van der Waals surface area contributed by atoms with Crippen molar-refractivity contribution in [1.82, 2.24) is 15.5 Å². The van der Waals surface area contributed by atoms with E-state index < -0.39 is 35.8 Å². The van der Waals surface area contributed by atoms with Crippen molar-refractivity contribution in [3.8, 4) is 0 Å². The number of amides is 3. The van der Waals surface area contributed by atoms with Crippen LogP contribution >= 0.6 is 0 Å². The molecule has 0 aromatic rings. The van der Waals surface area contributed by atoms with E-state index in [9.17, 15) is 19.2 Å². The lowest BCUT2D eigenvalue weighted by Crippen LogP contribution is -2.55. The van der Waals surface area contributed by atoms with Crippen LogP contribution in [0.4, 0.5) is 0 Å². The topological polar surface area (TPSA) is 116 Å². The molecule has 8 heteroatoms. The maximum atomic E-state index is 12.9. The smallest absolute Gasteiger partial charge is 0.307 e. The molecule has 28 heavy (non-hydrogen) atoms. The van der Waals surface area contributed by atoms with Crippen LogP contribution in [0, 0.1) is 11.8 Å². The molecule has 0 rings (SSSR count). The number of aliphatic carboxylic acids is 1. The minimum Gasteiger partial charge on any atom is -0.481 e. The Morgan fingerprint density at radius 3 is 2.00 bits per heavy atom. The maximum absolute atomic E-state index is 12.9. The molecule has 3 amide bonds. The Labute approximate surface area is 168 Å². The number of carboxylic acid groups (broad SMARTS) is 1. The molecule has 3 N–H and O–H groups in total. The van der Waals surface area contributed by atoms with Gasteiger partial charge in [0, 0.05) is 19.0 Å². The van der Waals surface area contributed by atoms with Gasteiger partial charge in [0.15, 0.2) is 0 Å². The highest BCUT2D eigenvalue weighted by Crippen LogP contribution is 2.14. The average molecular weight is 400 g/mol. The molecular weight excluding hydrogens is 362 g/mol. The number of hydrogen-bond acceptors (Lipinski definition) is 4. The number of carboxylic acids is 1. The Hall–Kier alpha value is -2.12. The van der Waals surface area contributed by atoms with Crippen LogP contribution in [-0.4, -0.2) is 58.9 Å². The summed E-state index contributed by atoms with van der Waals surface area (Å²) in [5.41, 5.74) is 0. The first kappa shape index (κ1) is 25.9. The van der Waals surface area contributed by atoms with E-state index in [-0.39, 0.29) is 11.8 Å². The van der Waals surface area contributed by atoms with Gasteiger partial charge in [-0.1, -0.05) is 40.0 Å². The third-order valence-electron chi connectivity index (χ3n) is 5.02. The summed E-state index contributed by atoms with van der Waals surface area (Å²) >= 11 is 0. The molecule has 0 radical (unpaired) electrons. The van der Waals surface area contributed by atoms with Gasteiger partial charge in [-0.2, -0.15) is 0 Å². The normalized spacial score (nSPS) is 15.1. The number of unbranched alkanes of at least 4 members (excludes halogenated alkanes) is 2. The fraction of sp³-hybridized carbons (Fsp3) is 0.800. The number of rotatable bonds is 13. The number of carbonyl (C=O) groups is 4. The van der Waals surface area contributed by atoms with E-state index in [2.05, 4.69) is 17.6 Å². The molecule has 0 aromatic heterocycles. The van der Waals surface area contributed by atoms with E-state index in [1.165, 1.54) is 18.7 Å². The molecule has 2 unspecified atom stereocenters. The second kappa shape index (κ2) is 13.1. The van der Waals surface area contributed by atoms with Gasteiger partial charge in [0.05, 0.1) is 5.92 Å². The molecule has 0 bridgehead atoms. The lowest BCUT2D eigenvalue weighted by Gasteiger charge is -2.32. The lowest BCUT2D eigenvalue weighted by molar-refractivity contribution is -0.147. The van der Waals surface area contributed by atoms with Crippen LogP contribution < -0.4 is 10.6 Å². The molecule has 162 valence electrons. The van der Waals surface area contributed by atoms with Gasteiger partial charge in [-0.05, 0) is 27.2 Å². The van der Waals surface area contributed by atoms with Crippen LogP contribution in [0.2, 0.25) is 0 Å². The van der Waals surface area contributed by atoms with Crippen LogP contribution in [0.15, 0.2) is 0 Å². The summed E-state index contributed by atoms with van der Waals surface area (Å²) in [7, 11) is 0. The van der Waals surface area contributed by atoms with E-state index in [0.29, 0.717) is 19.5 Å². The molecule has 0 aromatic carbocycles. The van der Waals surface area contributed by atoms with Crippen LogP contribution in [0.1, 0.15) is 67.2 Å². The third-order valence-corrected chi connectivity index (χ3v) is 5.02. The van der Waals surface area contributed by atoms with Crippen molar-refractivity contribution in [3.05, 3.63) is 0 Å². The summed E-state index contributed by atoms with van der Waals surface area (Å²) in [6.07, 6.45) is 3.37. The fourth-order valence-electron chi connectivity index (χ4n) is 2.93. The van der Waals surface area contributed by atoms with E-state index in [1.807, 2.05) is 6.92 Å². The maximum Gasteiger partial charge on any atom is 0.307 e. The minimum atomic E-state index is -1.07. The Bertz CT molecular complexity index is 538. The summed E-state index contributed by atoms with van der Waals surface area (Å²) in [6.45, 7) is 11.0. The fourth-order valence-corrected chi connectivity index (χ4v) is 2.93. The second-order valence-corrected chi connectivity index (χ2v) is 7.18. The van der Waals surface area contributed by atoms with Crippen molar-refractivity contribution in [1.29, 1.82) is 0 Å². The zero-order valence-electron chi connectivity index (χ0n) is 18.1. The van der Waals surface area contributed by atoms with Gasteiger partial charge in [-0.25, -0.2) is 0 Å². The summed E-state index contributed by atoms with van der Waals surface area (Å²) in [4.78, 5) is 50.3. The predicted molar refractivity (Wildman–Crippen MR) is 108 cm³/mol. The number of nitrogens with one attached hydrogen (secondary N) is 2. The molecule has 0 fully saturated rings. The SMILES string of the molecule is CCCCC[C@@H](C(=O)NCC)N(CC)C(=O)[C@H](C)NC(=O)C(C)C(C)C(=O)O. The van der Waals surface area contributed by atoms with Crippen molar-refractivity contribution in [3.63, 3.8) is 0 Å². The van der Waals surface area contributed by atoms with Gasteiger partial charge in [0.25, 0.3) is 0 Å². The molecule has 0 aliphatic rings. The summed E-state index contributed by atoms with van der Waals surface area (Å²) in [6, 6.07) is -1.43. The first-order valence-corrected chi connectivity index (χ1v) is 10.2. The Morgan fingerprint density at radius 2 is 1.54 bits per heavy atom. The Kier molecular flexibility index (Phi) is 12.1. The quantitative estimate of drug-likeness (QED) is 0.408. The number of hydrogen-bond donors (Lipinski definition) is 3. The van der Waals surface area contributed by atoms with Crippen molar-refractivity contribution in [2.75, 3.05) is 13.1 Å². The first-order chi connectivity index (χ1) is 13.1. The van der Waals surface area contributed by atoms with E-state index in [1.54, 1.807) is 13.8 Å². The minimum absolute atomic E-state index is 0.194. The summed E-state index contributed by atoms with van der Waals surface area (Å²) in [5.74, 6) is -3.73. The molecule has 0 saturated carbocycles. The van der Waals surface area contributed by atoms with Crippen molar-refractivity contribution in [2.45, 2.75) is 79.3 Å². The molecule has 0 saturated heterocycles. The first-order valence-electron chi connectivity index (χ1n) is 10.2. The highest BCUT2D eigenvalue weighted by molar-refractivity contribution is 5.93. The average Bonchev–Trinajstić information content (AvgIpc) is 2.65. The molecule has 0 spiro atoms. The van der Waals surface area contributed by atoms with Gasteiger partial charge in [-0.3, -0.25) is 19.2 Å². The predicted octanol–water partition coefficient (Wildman–Crippen LogP) is 1.78. The van der Waals surface area contributed by atoms with E-state index >= 15 is 0 Å². The molecule has 4 atom stereocenters. The number of carbonyl (C=O) groups excluding carboxylic acids is 3. The Balaban J connectivity index is 5.23. The molecule has 8 nitrogen and oxygen atoms in total. The van der Waals surface area contributed by atoms with Crippen molar-refractivity contribution in [2.24, 2.45) is 11.8 Å². The zero-order chi connectivity index (χ0) is 21.9. The molecule has 0 heterocycles. The van der Waals surface area contributed by atoms with Crippen LogP contribution in [0.5, 0.6) is 0 Å². The van der Waals surface area contributed by atoms with Gasteiger partial charge in [0.1, 0.15) is 12.1 Å². The van der Waals surface area contributed by atoms with E-state index in [0.717, 1.165) is 19.3 Å². The van der Waals surface area contributed by atoms with Crippen LogP contribution in [0.25, 0.3) is 0 Å². The summed E-state index contributed by atoms with van der Waals surface area (Å²) < 4.78 is 0. The highest BCUT2D eigenvalue weighted by Gasteiger charge is 2.33. The zero-order valence-corrected chi connectivity index (χ0v) is 18.1. The van der Waals surface area contributed by atoms with Crippen molar-refractivity contribution < 1.29 is 24.3 Å². The monoisotopic (exact) mass is 399 g/mol.